The molecule has 36 heavy (non-hydrogen) atoms. The number of aromatic nitrogens is 2. The number of hydrogen-bond donors (Lipinski definition) is 3. The molecule has 4 aromatic rings. The highest BCUT2D eigenvalue weighted by Gasteiger charge is 2.26. The molecule has 0 radical (unpaired) electrons. The van der Waals surface area contributed by atoms with Crippen LogP contribution in [0, 0.1) is 0 Å². The van der Waals surface area contributed by atoms with E-state index in [2.05, 4.69) is 20.2 Å². The first kappa shape index (κ1) is 23.4. The van der Waals surface area contributed by atoms with E-state index in [-0.39, 0.29) is 12.0 Å². The average Bonchev–Trinajstić information content (AvgIpc) is 3.08. The van der Waals surface area contributed by atoms with Gasteiger partial charge in [-0.05, 0) is 30.3 Å². The number of methoxy groups -OCH3 is 1. The summed E-state index contributed by atoms with van der Waals surface area (Å²) < 4.78 is 12.0. The summed E-state index contributed by atoms with van der Waals surface area (Å²) in [5.74, 6) is 1.34. The molecule has 1 aliphatic rings. The number of rotatable bonds is 6. The Balaban J connectivity index is 1.30. The number of H-pyrrole nitrogens is 2. The number of nitrogens with zero attached hydrogens (tertiary/aromatic N) is 1. The summed E-state index contributed by atoms with van der Waals surface area (Å²) in [5.41, 5.74) is 1.81. The van der Waals surface area contributed by atoms with Gasteiger partial charge in [-0.25, -0.2) is 0 Å². The maximum atomic E-state index is 12.8. The summed E-state index contributed by atoms with van der Waals surface area (Å²) in [6.07, 6.45) is -0.236. The van der Waals surface area contributed by atoms with E-state index >= 15 is 0 Å². The highest BCUT2D eigenvalue weighted by atomic mass is 16.5. The maximum absolute atomic E-state index is 12.8. The van der Waals surface area contributed by atoms with E-state index in [4.69, 9.17) is 9.47 Å². The first-order valence-corrected chi connectivity index (χ1v) is 11.7. The Bertz CT molecular complexity index is 1530. The Hall–Kier alpha value is -4.37. The molecule has 5 rings (SSSR count). The van der Waals surface area contributed by atoms with Crippen molar-refractivity contribution in [1.29, 1.82) is 0 Å². The van der Waals surface area contributed by atoms with Crippen LogP contribution in [0.3, 0.4) is 0 Å². The van der Waals surface area contributed by atoms with Gasteiger partial charge in [0, 0.05) is 42.9 Å². The van der Waals surface area contributed by atoms with Crippen LogP contribution in [0.5, 0.6) is 11.5 Å². The van der Waals surface area contributed by atoms with Gasteiger partial charge in [-0.3, -0.25) is 19.3 Å². The van der Waals surface area contributed by atoms with E-state index in [0.29, 0.717) is 42.8 Å². The van der Waals surface area contributed by atoms with Crippen LogP contribution in [0.1, 0.15) is 27.6 Å². The second-order valence-corrected chi connectivity index (χ2v) is 8.62. The Morgan fingerprint density at radius 3 is 2.61 bits per heavy atom. The maximum Gasteiger partial charge on any atom is 0.314 e. The molecule has 0 spiro atoms. The van der Waals surface area contributed by atoms with E-state index in [1.54, 1.807) is 25.3 Å². The van der Waals surface area contributed by atoms with Crippen LogP contribution in [0.4, 0.5) is 0 Å². The van der Waals surface area contributed by atoms with E-state index < -0.39 is 11.1 Å². The number of nitrogens with one attached hydrogen (secondary N) is 3. The minimum Gasteiger partial charge on any atom is -0.496 e. The zero-order valence-electron chi connectivity index (χ0n) is 19.7. The third-order valence-corrected chi connectivity index (χ3v) is 6.24. The number of aromatic amines is 2. The molecule has 9 heteroatoms. The lowest BCUT2D eigenvalue weighted by molar-refractivity contribution is 0.0943. The molecule has 1 atom stereocenters. The molecule has 2 heterocycles. The molecule has 1 aliphatic heterocycles. The van der Waals surface area contributed by atoms with Gasteiger partial charge >= 0.3 is 11.1 Å². The highest BCUT2D eigenvalue weighted by molar-refractivity contribution is 5.97. The van der Waals surface area contributed by atoms with Crippen LogP contribution in [0.15, 0.2) is 76.3 Å². The largest absolute Gasteiger partial charge is 0.496 e. The summed E-state index contributed by atoms with van der Waals surface area (Å²) in [4.78, 5) is 43.1. The number of ether oxygens (including phenoxy) is 2. The van der Waals surface area contributed by atoms with Gasteiger partial charge in [-0.2, -0.15) is 0 Å². The van der Waals surface area contributed by atoms with Gasteiger partial charge in [-0.1, -0.05) is 36.4 Å². The number of carbonyl (C=O) groups excluding carboxylic acids is 1. The second kappa shape index (κ2) is 10.1. The molecule has 3 aromatic carbocycles. The summed E-state index contributed by atoms with van der Waals surface area (Å²) in [6.45, 7) is 2.32. The van der Waals surface area contributed by atoms with Crippen molar-refractivity contribution in [3.63, 3.8) is 0 Å². The lowest BCUT2D eigenvalue weighted by atomic mass is 10.1. The fourth-order valence-electron chi connectivity index (χ4n) is 4.43. The molecule has 0 fully saturated rings. The summed E-state index contributed by atoms with van der Waals surface area (Å²) in [7, 11) is 1.65. The molecular weight excluding hydrogens is 460 g/mol. The van der Waals surface area contributed by atoms with Crippen molar-refractivity contribution in [2.75, 3.05) is 26.7 Å². The molecule has 1 amide bonds. The molecule has 9 nitrogen and oxygen atoms in total. The molecule has 0 aliphatic carbocycles. The van der Waals surface area contributed by atoms with Crippen LogP contribution in [-0.2, 0) is 6.54 Å². The SMILES string of the molecule is COc1ccccc1C1CN(CCNC(=O)c2ccc3[nH]c(=O)c(=O)[nH]c3c2)Cc2ccccc2O1. The minimum absolute atomic E-state index is 0.236. The number of amides is 1. The number of benzene rings is 3. The van der Waals surface area contributed by atoms with Crippen LogP contribution in [-0.4, -0.2) is 47.5 Å². The topological polar surface area (TPSA) is 117 Å². The first-order chi connectivity index (χ1) is 17.5. The monoisotopic (exact) mass is 486 g/mol. The van der Waals surface area contributed by atoms with Gasteiger partial charge < -0.3 is 24.8 Å². The van der Waals surface area contributed by atoms with Crippen molar-refractivity contribution < 1.29 is 14.3 Å². The second-order valence-electron chi connectivity index (χ2n) is 8.62. The smallest absolute Gasteiger partial charge is 0.314 e. The molecule has 184 valence electrons. The van der Waals surface area contributed by atoms with E-state index in [0.717, 1.165) is 22.6 Å². The molecule has 0 saturated heterocycles. The highest BCUT2D eigenvalue weighted by Crippen LogP contribution is 2.34. The molecule has 0 bridgehead atoms. The Morgan fingerprint density at radius 1 is 1.03 bits per heavy atom. The predicted octanol–water partition coefficient (Wildman–Crippen LogP) is 2.59. The summed E-state index contributed by atoms with van der Waals surface area (Å²) in [6, 6.07) is 20.6. The number of fused-ring (bicyclic) bond motifs is 2. The molecule has 0 saturated carbocycles. The number of carbonyl (C=O) groups is 1. The number of para-hydroxylation sites is 2. The van der Waals surface area contributed by atoms with Gasteiger partial charge in [-0.15, -0.1) is 0 Å². The molecule has 3 N–H and O–H groups in total. The predicted molar refractivity (Wildman–Crippen MR) is 136 cm³/mol. The van der Waals surface area contributed by atoms with Gasteiger partial charge in [0.15, 0.2) is 0 Å². The van der Waals surface area contributed by atoms with Gasteiger partial charge in [0.05, 0.1) is 18.1 Å². The van der Waals surface area contributed by atoms with Crippen molar-refractivity contribution in [3.8, 4) is 11.5 Å². The molecule has 1 aromatic heterocycles. The zero-order chi connectivity index (χ0) is 25.1. The Morgan fingerprint density at radius 2 is 1.78 bits per heavy atom. The van der Waals surface area contributed by atoms with E-state index in [1.165, 1.54) is 0 Å². The summed E-state index contributed by atoms with van der Waals surface area (Å²) >= 11 is 0. The van der Waals surface area contributed by atoms with Crippen molar-refractivity contribution in [2.45, 2.75) is 12.6 Å². The number of hydrogen-bond acceptors (Lipinski definition) is 6. The minimum atomic E-state index is -0.756. The molecule has 1 unspecified atom stereocenters. The van der Waals surface area contributed by atoms with Gasteiger partial charge in [0.2, 0.25) is 0 Å². The first-order valence-electron chi connectivity index (χ1n) is 11.7. The van der Waals surface area contributed by atoms with E-state index in [9.17, 15) is 14.4 Å². The van der Waals surface area contributed by atoms with Crippen molar-refractivity contribution in [1.82, 2.24) is 20.2 Å². The Kier molecular flexibility index (Phi) is 6.55. The van der Waals surface area contributed by atoms with Crippen molar-refractivity contribution >= 4 is 16.9 Å². The van der Waals surface area contributed by atoms with Crippen molar-refractivity contribution in [3.05, 3.63) is 104 Å². The fraction of sp³-hybridized carbons (Fsp3) is 0.222. The zero-order valence-corrected chi connectivity index (χ0v) is 19.7. The van der Waals surface area contributed by atoms with Gasteiger partial charge in [0.25, 0.3) is 5.91 Å². The van der Waals surface area contributed by atoms with Crippen LogP contribution < -0.4 is 25.9 Å². The third kappa shape index (κ3) is 4.87. The fourth-order valence-corrected chi connectivity index (χ4v) is 4.43. The Labute approximate surface area is 206 Å². The molecular formula is C27H26N4O5. The standard InChI is InChI=1S/C27H26N4O5/c1-35-23-9-5-3-7-19(23)24-16-31(15-18-6-2-4-8-22(18)36-24)13-12-28-25(32)17-10-11-20-21(14-17)30-27(34)26(33)29-20/h2-11,14,24H,12-13,15-16H2,1H3,(H,28,32)(H,29,33)(H,30,34). The lowest BCUT2D eigenvalue weighted by Crippen LogP contribution is -2.36. The average molecular weight is 487 g/mol. The van der Waals surface area contributed by atoms with Crippen molar-refractivity contribution in [2.24, 2.45) is 0 Å². The van der Waals surface area contributed by atoms with Crippen LogP contribution in [0.25, 0.3) is 11.0 Å². The van der Waals surface area contributed by atoms with E-state index in [1.807, 2.05) is 48.5 Å². The quantitative estimate of drug-likeness (QED) is 0.361. The van der Waals surface area contributed by atoms with Gasteiger partial charge in [0.1, 0.15) is 17.6 Å². The normalized spacial score (nSPS) is 15.5. The lowest BCUT2D eigenvalue weighted by Gasteiger charge is -2.25. The van der Waals surface area contributed by atoms with Crippen LogP contribution >= 0.6 is 0 Å². The summed E-state index contributed by atoms with van der Waals surface area (Å²) in [5, 5.41) is 2.95. The van der Waals surface area contributed by atoms with Crippen LogP contribution in [0.2, 0.25) is 0 Å². The third-order valence-electron chi connectivity index (χ3n) is 6.24.